The fourth-order valence-electron chi connectivity index (χ4n) is 2.58. The first-order valence-electron chi connectivity index (χ1n) is 7.32. The highest BCUT2D eigenvalue weighted by molar-refractivity contribution is 8.00. The van der Waals surface area contributed by atoms with Crippen LogP contribution in [0.4, 0.5) is 0 Å². The van der Waals surface area contributed by atoms with E-state index in [-0.39, 0.29) is 5.91 Å². The van der Waals surface area contributed by atoms with Gasteiger partial charge in [-0.3, -0.25) is 4.79 Å². The van der Waals surface area contributed by atoms with Gasteiger partial charge in [0.2, 0.25) is 5.91 Å². The molecule has 0 aliphatic heterocycles. The molecule has 1 aromatic carbocycles. The van der Waals surface area contributed by atoms with Gasteiger partial charge in [-0.15, -0.1) is 11.8 Å². The summed E-state index contributed by atoms with van der Waals surface area (Å²) in [6.07, 6.45) is 5.19. The van der Waals surface area contributed by atoms with Crippen molar-refractivity contribution in [2.45, 2.75) is 36.6 Å². The molecule has 2 aliphatic carbocycles. The normalized spacial score (nSPS) is 18.1. The van der Waals surface area contributed by atoms with Crippen LogP contribution in [0.15, 0.2) is 29.2 Å². The summed E-state index contributed by atoms with van der Waals surface area (Å²) in [4.78, 5) is 13.2. The van der Waals surface area contributed by atoms with E-state index in [1.807, 2.05) is 24.3 Å². The number of benzene rings is 1. The molecule has 0 aromatic heterocycles. The fourth-order valence-corrected chi connectivity index (χ4v) is 3.29. The van der Waals surface area contributed by atoms with Gasteiger partial charge in [-0.1, -0.05) is 0 Å². The number of hydrogen-bond donors (Lipinski definition) is 1. The van der Waals surface area contributed by atoms with Gasteiger partial charge in [0.05, 0.1) is 12.9 Å². The van der Waals surface area contributed by atoms with Gasteiger partial charge in [0.15, 0.2) is 0 Å². The predicted molar refractivity (Wildman–Crippen MR) is 81.1 cm³/mol. The lowest BCUT2D eigenvalue weighted by molar-refractivity contribution is -0.119. The standard InChI is InChI=1S/C16H21NO2S/c1-19-13-6-8-14(9-7-13)20-10-15(18)17-16(11-2-3-11)12-4-5-12/h6-9,11-12,16H,2-5,10H2,1H3,(H,17,18). The molecular weight excluding hydrogens is 270 g/mol. The number of thioether (sulfide) groups is 1. The SMILES string of the molecule is COc1ccc(SCC(=O)NC(C2CC2)C2CC2)cc1. The van der Waals surface area contributed by atoms with Crippen LogP contribution >= 0.6 is 11.8 Å². The molecule has 1 amide bonds. The summed E-state index contributed by atoms with van der Waals surface area (Å²) in [5.74, 6) is 3.05. The number of ether oxygens (including phenoxy) is 1. The quantitative estimate of drug-likeness (QED) is 0.785. The minimum absolute atomic E-state index is 0.176. The van der Waals surface area contributed by atoms with Crippen molar-refractivity contribution in [1.82, 2.24) is 5.32 Å². The average Bonchev–Trinajstić information content (AvgIpc) is 3.36. The van der Waals surface area contributed by atoms with Gasteiger partial charge in [0.1, 0.15) is 5.75 Å². The number of nitrogens with one attached hydrogen (secondary N) is 1. The van der Waals surface area contributed by atoms with Crippen molar-refractivity contribution in [2.24, 2.45) is 11.8 Å². The third kappa shape index (κ3) is 3.69. The molecule has 0 heterocycles. The summed E-state index contributed by atoms with van der Waals surface area (Å²) in [5, 5.41) is 3.25. The Kier molecular flexibility index (Phi) is 4.20. The summed E-state index contributed by atoms with van der Waals surface area (Å²) < 4.78 is 5.13. The van der Waals surface area contributed by atoms with E-state index in [4.69, 9.17) is 4.74 Å². The number of carbonyl (C=O) groups is 1. The van der Waals surface area contributed by atoms with Gasteiger partial charge in [-0.2, -0.15) is 0 Å². The van der Waals surface area contributed by atoms with Crippen LogP contribution in [0, 0.1) is 11.8 Å². The molecule has 108 valence electrons. The predicted octanol–water partition coefficient (Wildman–Crippen LogP) is 3.09. The number of rotatable bonds is 7. The van der Waals surface area contributed by atoms with E-state index in [1.54, 1.807) is 18.9 Å². The molecule has 3 rings (SSSR count). The minimum atomic E-state index is 0.176. The number of amides is 1. The molecule has 2 fully saturated rings. The first-order valence-corrected chi connectivity index (χ1v) is 8.31. The van der Waals surface area contributed by atoms with E-state index in [2.05, 4.69) is 5.32 Å². The Hall–Kier alpha value is -1.16. The van der Waals surface area contributed by atoms with Crippen LogP contribution in [0.2, 0.25) is 0 Å². The number of carbonyl (C=O) groups excluding carboxylic acids is 1. The van der Waals surface area contributed by atoms with Gasteiger partial charge < -0.3 is 10.1 Å². The van der Waals surface area contributed by atoms with Gasteiger partial charge >= 0.3 is 0 Å². The fraction of sp³-hybridized carbons (Fsp3) is 0.562. The van der Waals surface area contributed by atoms with Crippen LogP contribution in [0.25, 0.3) is 0 Å². The third-order valence-electron chi connectivity index (χ3n) is 4.02. The summed E-state index contributed by atoms with van der Waals surface area (Å²) in [6, 6.07) is 8.31. The first-order chi connectivity index (χ1) is 9.76. The van der Waals surface area contributed by atoms with Crippen LogP contribution in [0.1, 0.15) is 25.7 Å². The van der Waals surface area contributed by atoms with Crippen molar-refractivity contribution >= 4 is 17.7 Å². The number of hydrogen-bond acceptors (Lipinski definition) is 3. The highest BCUT2D eigenvalue weighted by atomic mass is 32.2. The highest BCUT2D eigenvalue weighted by Crippen LogP contribution is 2.44. The zero-order chi connectivity index (χ0) is 13.9. The molecule has 0 bridgehead atoms. The van der Waals surface area contributed by atoms with E-state index in [0.29, 0.717) is 11.8 Å². The van der Waals surface area contributed by atoms with Crippen molar-refractivity contribution < 1.29 is 9.53 Å². The summed E-state index contributed by atoms with van der Waals surface area (Å²) >= 11 is 1.59. The molecule has 20 heavy (non-hydrogen) atoms. The van der Waals surface area contributed by atoms with E-state index in [0.717, 1.165) is 22.5 Å². The lowest BCUT2D eigenvalue weighted by Crippen LogP contribution is -2.39. The van der Waals surface area contributed by atoms with Crippen molar-refractivity contribution in [3.05, 3.63) is 24.3 Å². The third-order valence-corrected chi connectivity index (χ3v) is 5.03. The summed E-state index contributed by atoms with van der Waals surface area (Å²) in [6.45, 7) is 0. The summed E-state index contributed by atoms with van der Waals surface area (Å²) in [5.41, 5.74) is 0. The van der Waals surface area contributed by atoms with E-state index in [1.165, 1.54) is 25.7 Å². The van der Waals surface area contributed by atoms with Gasteiger partial charge in [0, 0.05) is 10.9 Å². The van der Waals surface area contributed by atoms with E-state index >= 15 is 0 Å². The largest absolute Gasteiger partial charge is 0.497 e. The Bertz CT molecular complexity index is 454. The maximum Gasteiger partial charge on any atom is 0.230 e. The zero-order valence-corrected chi connectivity index (χ0v) is 12.6. The van der Waals surface area contributed by atoms with Crippen LogP contribution in [-0.2, 0) is 4.79 Å². The molecule has 1 N–H and O–H groups in total. The maximum atomic E-state index is 12.1. The summed E-state index contributed by atoms with van der Waals surface area (Å²) in [7, 11) is 1.66. The molecule has 0 atom stereocenters. The van der Waals surface area contributed by atoms with Crippen molar-refractivity contribution in [2.75, 3.05) is 12.9 Å². The van der Waals surface area contributed by atoms with Gasteiger partial charge in [-0.25, -0.2) is 0 Å². The van der Waals surface area contributed by atoms with Crippen LogP contribution < -0.4 is 10.1 Å². The maximum absolute atomic E-state index is 12.1. The van der Waals surface area contributed by atoms with Crippen LogP contribution in [-0.4, -0.2) is 24.8 Å². The molecule has 0 saturated heterocycles. The van der Waals surface area contributed by atoms with Gasteiger partial charge in [0.25, 0.3) is 0 Å². The second kappa shape index (κ2) is 6.08. The molecule has 2 aliphatic rings. The molecule has 2 saturated carbocycles. The first kappa shape index (κ1) is 13.8. The van der Waals surface area contributed by atoms with Crippen molar-refractivity contribution in [3.63, 3.8) is 0 Å². The second-order valence-electron chi connectivity index (χ2n) is 5.73. The number of methoxy groups -OCH3 is 1. The molecule has 3 nitrogen and oxygen atoms in total. The minimum Gasteiger partial charge on any atom is -0.497 e. The van der Waals surface area contributed by atoms with Gasteiger partial charge in [-0.05, 0) is 61.8 Å². The molecule has 4 heteroatoms. The van der Waals surface area contributed by atoms with Crippen molar-refractivity contribution in [3.8, 4) is 5.75 Å². The Labute approximate surface area is 124 Å². The lowest BCUT2D eigenvalue weighted by Gasteiger charge is -2.17. The Morgan fingerprint density at radius 2 is 1.85 bits per heavy atom. The zero-order valence-electron chi connectivity index (χ0n) is 11.8. The van der Waals surface area contributed by atoms with Crippen LogP contribution in [0.3, 0.4) is 0 Å². The Morgan fingerprint density at radius 3 is 2.35 bits per heavy atom. The molecule has 0 spiro atoms. The van der Waals surface area contributed by atoms with Crippen LogP contribution in [0.5, 0.6) is 5.75 Å². The van der Waals surface area contributed by atoms with Crippen molar-refractivity contribution in [1.29, 1.82) is 0 Å². The molecular formula is C16H21NO2S. The molecule has 0 unspecified atom stereocenters. The topological polar surface area (TPSA) is 38.3 Å². The smallest absolute Gasteiger partial charge is 0.230 e. The lowest BCUT2D eigenvalue weighted by atomic mass is 10.1. The Balaban J connectivity index is 1.45. The van der Waals surface area contributed by atoms with E-state index < -0.39 is 0 Å². The monoisotopic (exact) mass is 291 g/mol. The molecule has 0 radical (unpaired) electrons. The highest BCUT2D eigenvalue weighted by Gasteiger charge is 2.42. The van der Waals surface area contributed by atoms with E-state index in [9.17, 15) is 4.79 Å². The Morgan fingerprint density at radius 1 is 1.25 bits per heavy atom. The average molecular weight is 291 g/mol. The molecule has 1 aromatic rings. The second-order valence-corrected chi connectivity index (χ2v) is 6.78.